The van der Waals surface area contributed by atoms with Crippen LogP contribution in [0.2, 0.25) is 0 Å². The third-order valence-electron chi connectivity index (χ3n) is 3.63. The molecule has 1 unspecified atom stereocenters. The zero-order valence-electron chi connectivity index (χ0n) is 13.1. The summed E-state index contributed by atoms with van der Waals surface area (Å²) >= 11 is 0. The van der Waals surface area contributed by atoms with Crippen molar-refractivity contribution in [3.63, 3.8) is 0 Å². The van der Waals surface area contributed by atoms with E-state index in [0.717, 1.165) is 10.6 Å². The van der Waals surface area contributed by atoms with Crippen molar-refractivity contribution in [1.29, 1.82) is 0 Å². The van der Waals surface area contributed by atoms with Crippen LogP contribution in [0.1, 0.15) is 18.9 Å². The van der Waals surface area contributed by atoms with E-state index < -0.39 is 23.8 Å². The number of amidine groups is 1. The van der Waals surface area contributed by atoms with Gasteiger partial charge in [0.1, 0.15) is 11.7 Å². The number of carbonyl (C=O) groups is 2. The van der Waals surface area contributed by atoms with Gasteiger partial charge in [0.2, 0.25) is 11.8 Å². The third kappa shape index (κ3) is 2.98. The fourth-order valence-electron chi connectivity index (χ4n) is 2.45. The molecule has 1 atom stereocenters. The van der Waals surface area contributed by atoms with Gasteiger partial charge < -0.3 is 20.3 Å². The maximum absolute atomic E-state index is 12.1. The van der Waals surface area contributed by atoms with Crippen molar-refractivity contribution >= 4 is 29.4 Å². The normalized spacial score (nSPS) is 21.4. The lowest BCUT2D eigenvalue weighted by Crippen LogP contribution is -2.35. The number of nitrogens with zero attached hydrogens (tertiary/aromatic N) is 5. The molecule has 2 aliphatic rings. The second-order valence-corrected chi connectivity index (χ2v) is 5.27. The molecule has 0 radical (unpaired) electrons. The van der Waals surface area contributed by atoms with E-state index in [1.807, 2.05) is 0 Å². The van der Waals surface area contributed by atoms with Crippen molar-refractivity contribution in [1.82, 2.24) is 9.88 Å². The third-order valence-corrected chi connectivity index (χ3v) is 3.63. The minimum absolute atomic E-state index is 0.0708. The Morgan fingerprint density at radius 3 is 2.92 bits per heavy atom. The first-order valence-electron chi connectivity index (χ1n) is 7.20. The number of hydrogen-bond donors (Lipinski definition) is 3. The fourth-order valence-corrected chi connectivity index (χ4v) is 2.45. The fraction of sp³-hybridized carbons (Fsp3) is 0.286. The molecule has 0 saturated carbocycles. The number of piperidine rings is 1. The lowest BCUT2D eigenvalue weighted by atomic mass is 10.0. The molecule has 0 aliphatic carbocycles. The van der Waals surface area contributed by atoms with Crippen molar-refractivity contribution in [2.75, 3.05) is 7.11 Å². The molecule has 3 heterocycles. The molecule has 11 heteroatoms. The van der Waals surface area contributed by atoms with E-state index in [-0.39, 0.29) is 23.4 Å². The quantitative estimate of drug-likeness (QED) is 0.694. The van der Waals surface area contributed by atoms with Gasteiger partial charge in [0.15, 0.2) is 5.88 Å². The van der Waals surface area contributed by atoms with Gasteiger partial charge in [-0.1, -0.05) is 6.58 Å². The molecule has 11 nitrogen and oxygen atoms in total. The first-order valence-corrected chi connectivity index (χ1v) is 7.20. The number of aromatic nitrogens is 1. The number of hydrogen-bond acceptors (Lipinski definition) is 7. The van der Waals surface area contributed by atoms with Crippen LogP contribution < -0.4 is 5.32 Å². The second kappa shape index (κ2) is 6.19. The number of azo groups is 1. The highest BCUT2D eigenvalue weighted by atomic mass is 16.5. The molecule has 1 aromatic rings. The van der Waals surface area contributed by atoms with Crippen LogP contribution in [-0.2, 0) is 14.3 Å². The van der Waals surface area contributed by atoms with Crippen LogP contribution in [0.15, 0.2) is 38.6 Å². The largest absolute Gasteiger partial charge is 0.494 e. The van der Waals surface area contributed by atoms with Crippen molar-refractivity contribution < 1.29 is 24.5 Å². The summed E-state index contributed by atoms with van der Waals surface area (Å²) < 4.78 is 5.51. The highest BCUT2D eigenvalue weighted by Crippen LogP contribution is 2.40. The Balaban J connectivity index is 1.91. The van der Waals surface area contributed by atoms with Crippen LogP contribution in [-0.4, -0.2) is 45.6 Å². The Bertz CT molecular complexity index is 865. The highest BCUT2D eigenvalue weighted by Gasteiger charge is 2.31. The predicted molar refractivity (Wildman–Crippen MR) is 84.7 cm³/mol. The molecule has 0 bridgehead atoms. The molecule has 1 aromatic heterocycles. The molecule has 3 N–H and O–H groups in total. The molecular weight excluding hydrogens is 332 g/mol. The van der Waals surface area contributed by atoms with Crippen molar-refractivity contribution in [3.8, 4) is 11.8 Å². The molecule has 1 fully saturated rings. The minimum Gasteiger partial charge on any atom is -0.494 e. The van der Waals surface area contributed by atoms with E-state index in [1.54, 1.807) is 0 Å². The van der Waals surface area contributed by atoms with Gasteiger partial charge in [-0.05, 0) is 12.8 Å². The zero-order valence-corrected chi connectivity index (χ0v) is 13.1. The maximum Gasteiger partial charge on any atom is 0.378 e. The molecule has 0 spiro atoms. The number of methoxy groups -OCH3 is 1. The summed E-state index contributed by atoms with van der Waals surface area (Å²) in [6, 6.07) is 0.346. The topological polar surface area (TPSA) is 150 Å². The van der Waals surface area contributed by atoms with Crippen LogP contribution >= 0.6 is 0 Å². The Morgan fingerprint density at radius 1 is 1.48 bits per heavy atom. The predicted octanol–water partition coefficient (Wildman–Crippen LogP) is 0.889. The van der Waals surface area contributed by atoms with Gasteiger partial charge in [-0.2, -0.15) is 4.99 Å². The van der Waals surface area contributed by atoms with E-state index in [1.165, 1.54) is 7.11 Å². The number of aliphatic imine (C=N–C) groups is 2. The van der Waals surface area contributed by atoms with Crippen molar-refractivity contribution in [3.05, 3.63) is 18.3 Å². The second-order valence-electron chi connectivity index (χ2n) is 5.27. The number of guanidine groups is 1. The smallest absolute Gasteiger partial charge is 0.378 e. The Kier molecular flexibility index (Phi) is 4.05. The molecule has 25 heavy (non-hydrogen) atoms. The van der Waals surface area contributed by atoms with Gasteiger partial charge in [-0.3, -0.25) is 9.36 Å². The molecule has 3 rings (SSSR count). The average molecular weight is 346 g/mol. The van der Waals surface area contributed by atoms with Gasteiger partial charge >= 0.3 is 5.97 Å². The number of ether oxygens (including phenoxy) is 1. The Hall–Kier alpha value is -3.50. The summed E-state index contributed by atoms with van der Waals surface area (Å²) in [6.45, 7) is 3.68. The van der Waals surface area contributed by atoms with Crippen LogP contribution in [0.3, 0.4) is 0 Å². The van der Waals surface area contributed by atoms with Crippen LogP contribution in [0.5, 0.6) is 11.8 Å². The van der Waals surface area contributed by atoms with Gasteiger partial charge in [0, 0.05) is 11.8 Å². The lowest BCUT2D eigenvalue weighted by Gasteiger charge is -2.25. The lowest BCUT2D eigenvalue weighted by molar-refractivity contribution is -0.132. The van der Waals surface area contributed by atoms with E-state index in [0.29, 0.717) is 18.5 Å². The number of aromatic hydroxyl groups is 2. The number of carbonyl (C=O) groups excluding carboxylic acids is 2. The SMILES string of the molecule is C=C1CCC(n2c(O)cc(N=C3N=NC(C(=O)OC)=N3)c2O)C(=O)N1. The molecular formula is C14H14N6O5. The van der Waals surface area contributed by atoms with Crippen molar-refractivity contribution in [2.24, 2.45) is 20.2 Å². The Labute approximate surface area is 141 Å². The molecule has 1 amide bonds. The van der Waals surface area contributed by atoms with E-state index >= 15 is 0 Å². The minimum atomic E-state index is -0.807. The summed E-state index contributed by atoms with van der Waals surface area (Å²) in [4.78, 5) is 31.0. The van der Waals surface area contributed by atoms with Crippen molar-refractivity contribution in [2.45, 2.75) is 18.9 Å². The van der Waals surface area contributed by atoms with Gasteiger partial charge in [-0.15, -0.1) is 10.2 Å². The first kappa shape index (κ1) is 16.4. The number of esters is 1. The van der Waals surface area contributed by atoms with Crippen LogP contribution in [0, 0.1) is 0 Å². The van der Waals surface area contributed by atoms with Gasteiger partial charge in [0.05, 0.1) is 7.11 Å². The first-order chi connectivity index (χ1) is 11.9. The van der Waals surface area contributed by atoms with Crippen LogP contribution in [0.25, 0.3) is 0 Å². The maximum atomic E-state index is 12.1. The average Bonchev–Trinajstić information content (AvgIpc) is 3.13. The summed E-state index contributed by atoms with van der Waals surface area (Å²) in [5.74, 6) is -2.45. The summed E-state index contributed by atoms with van der Waals surface area (Å²) in [5, 5.41) is 30.0. The Morgan fingerprint density at radius 2 is 2.24 bits per heavy atom. The zero-order chi connectivity index (χ0) is 18.1. The van der Waals surface area contributed by atoms with E-state index in [2.05, 4.69) is 36.8 Å². The highest BCUT2D eigenvalue weighted by molar-refractivity contribution is 6.38. The summed E-state index contributed by atoms with van der Waals surface area (Å²) in [5.41, 5.74) is 0.502. The molecule has 130 valence electrons. The summed E-state index contributed by atoms with van der Waals surface area (Å²) in [7, 11) is 1.17. The molecule has 2 aliphatic heterocycles. The number of allylic oxidation sites excluding steroid dienone is 1. The van der Waals surface area contributed by atoms with Gasteiger partial charge in [-0.25, -0.2) is 9.79 Å². The standard InChI is InChI=1S/C14H14N6O5/c1-6-3-4-8(11(22)15-6)20-9(21)5-7(12(20)23)16-14-17-10(18-19-14)13(24)25-2/h5,8,21,23H,1,3-4H2,2H3,(H,15,22). The number of rotatable bonds is 3. The van der Waals surface area contributed by atoms with Gasteiger partial charge in [0.25, 0.3) is 11.8 Å². The van der Waals surface area contributed by atoms with E-state index in [9.17, 15) is 19.8 Å². The summed E-state index contributed by atoms with van der Waals surface area (Å²) in [6.07, 6.45) is 0.874. The number of amides is 1. The molecule has 0 aromatic carbocycles. The monoisotopic (exact) mass is 346 g/mol. The number of nitrogens with one attached hydrogen (secondary N) is 1. The molecule has 1 saturated heterocycles. The van der Waals surface area contributed by atoms with Crippen LogP contribution in [0.4, 0.5) is 5.69 Å². The van der Waals surface area contributed by atoms with E-state index in [4.69, 9.17) is 0 Å².